The Labute approximate surface area is 116 Å². The van der Waals surface area contributed by atoms with Crippen LogP contribution in [0.3, 0.4) is 0 Å². The minimum atomic E-state index is -0.00664. The zero-order valence-corrected chi connectivity index (χ0v) is 13.0. The number of hydrogen-bond acceptors (Lipinski definition) is 3. The SMILES string of the molecule is CO[C@]1(C)C[C@@H](N[C@H](C)Cc2cc(C)[nH]n2)C1(C)C. The van der Waals surface area contributed by atoms with E-state index in [-0.39, 0.29) is 11.0 Å². The average Bonchev–Trinajstić information content (AvgIpc) is 2.73. The van der Waals surface area contributed by atoms with Crippen LogP contribution < -0.4 is 5.32 Å². The lowest BCUT2D eigenvalue weighted by Crippen LogP contribution is -2.69. The molecule has 1 aliphatic rings. The second-order valence-corrected chi connectivity index (χ2v) is 6.73. The lowest BCUT2D eigenvalue weighted by atomic mass is 9.55. The Bertz CT molecular complexity index is 440. The van der Waals surface area contributed by atoms with Crippen LogP contribution in [0.15, 0.2) is 6.07 Å². The minimum absolute atomic E-state index is 0.00664. The summed E-state index contributed by atoms with van der Waals surface area (Å²) in [5.74, 6) is 0. The molecule has 108 valence electrons. The van der Waals surface area contributed by atoms with Gasteiger partial charge in [-0.25, -0.2) is 0 Å². The van der Waals surface area contributed by atoms with E-state index in [2.05, 4.69) is 49.3 Å². The van der Waals surface area contributed by atoms with Crippen molar-refractivity contribution >= 4 is 0 Å². The number of ether oxygens (including phenoxy) is 1. The van der Waals surface area contributed by atoms with Crippen LogP contribution in [0.4, 0.5) is 0 Å². The Morgan fingerprint density at radius 1 is 1.53 bits per heavy atom. The third-order valence-corrected chi connectivity index (χ3v) is 5.04. The molecule has 0 aromatic carbocycles. The first-order valence-corrected chi connectivity index (χ1v) is 7.10. The fourth-order valence-corrected chi connectivity index (χ4v) is 3.05. The van der Waals surface area contributed by atoms with Gasteiger partial charge in [0, 0.05) is 36.7 Å². The highest BCUT2D eigenvalue weighted by Gasteiger charge is 2.57. The summed E-state index contributed by atoms with van der Waals surface area (Å²) in [6, 6.07) is 3.05. The molecule has 0 radical (unpaired) electrons. The number of nitrogens with zero attached hydrogens (tertiary/aromatic N) is 1. The highest BCUT2D eigenvalue weighted by atomic mass is 16.5. The lowest BCUT2D eigenvalue weighted by Gasteiger charge is -2.60. The first-order valence-electron chi connectivity index (χ1n) is 7.10. The monoisotopic (exact) mass is 265 g/mol. The number of aromatic amines is 1. The Morgan fingerprint density at radius 3 is 2.68 bits per heavy atom. The first kappa shape index (κ1) is 14.5. The van der Waals surface area contributed by atoms with E-state index >= 15 is 0 Å². The molecular weight excluding hydrogens is 238 g/mol. The van der Waals surface area contributed by atoms with Crippen LogP contribution in [0, 0.1) is 12.3 Å². The van der Waals surface area contributed by atoms with Crippen LogP contribution in [0.2, 0.25) is 0 Å². The molecule has 1 fully saturated rings. The summed E-state index contributed by atoms with van der Waals surface area (Å²) in [7, 11) is 1.81. The molecule has 0 unspecified atom stereocenters. The van der Waals surface area contributed by atoms with E-state index in [1.54, 1.807) is 0 Å². The van der Waals surface area contributed by atoms with Crippen molar-refractivity contribution in [3.63, 3.8) is 0 Å². The predicted molar refractivity (Wildman–Crippen MR) is 77.2 cm³/mol. The quantitative estimate of drug-likeness (QED) is 0.859. The maximum Gasteiger partial charge on any atom is 0.0731 e. The van der Waals surface area contributed by atoms with Gasteiger partial charge in [0.1, 0.15) is 0 Å². The number of aryl methyl sites for hydroxylation is 1. The summed E-state index contributed by atoms with van der Waals surface area (Å²) in [5, 5.41) is 11.0. The van der Waals surface area contributed by atoms with E-state index < -0.39 is 0 Å². The molecule has 3 atom stereocenters. The molecule has 1 aliphatic carbocycles. The summed E-state index contributed by atoms with van der Waals surface area (Å²) in [5.41, 5.74) is 2.41. The number of hydrogen-bond donors (Lipinski definition) is 2. The number of H-pyrrole nitrogens is 1. The summed E-state index contributed by atoms with van der Waals surface area (Å²) in [4.78, 5) is 0. The van der Waals surface area contributed by atoms with Gasteiger partial charge in [-0.05, 0) is 33.3 Å². The fourth-order valence-electron chi connectivity index (χ4n) is 3.05. The summed E-state index contributed by atoms with van der Waals surface area (Å²) < 4.78 is 5.66. The molecule has 1 heterocycles. The lowest BCUT2D eigenvalue weighted by molar-refractivity contribution is -0.182. The molecule has 2 N–H and O–H groups in total. The van der Waals surface area contributed by atoms with Crippen LogP contribution in [0.25, 0.3) is 0 Å². The molecule has 1 aromatic rings. The standard InChI is InChI=1S/C15H27N3O/c1-10(7-12-8-11(2)17-18-12)16-13-9-15(5,19-6)14(13,3)4/h8,10,13,16H,7,9H2,1-6H3,(H,17,18)/t10-,13-,15-/m1/s1. The molecule has 4 heteroatoms. The van der Waals surface area contributed by atoms with Gasteiger partial charge in [0.15, 0.2) is 0 Å². The van der Waals surface area contributed by atoms with E-state index in [0.29, 0.717) is 12.1 Å². The Morgan fingerprint density at radius 2 is 2.21 bits per heavy atom. The smallest absolute Gasteiger partial charge is 0.0731 e. The van der Waals surface area contributed by atoms with Crippen LogP contribution in [-0.2, 0) is 11.2 Å². The van der Waals surface area contributed by atoms with E-state index in [0.717, 1.165) is 24.2 Å². The van der Waals surface area contributed by atoms with Crippen molar-refractivity contribution in [1.82, 2.24) is 15.5 Å². The van der Waals surface area contributed by atoms with Crippen molar-refractivity contribution in [1.29, 1.82) is 0 Å². The van der Waals surface area contributed by atoms with Gasteiger partial charge in [0.05, 0.1) is 11.3 Å². The van der Waals surface area contributed by atoms with Gasteiger partial charge in [-0.2, -0.15) is 5.10 Å². The van der Waals surface area contributed by atoms with Crippen molar-refractivity contribution in [2.24, 2.45) is 5.41 Å². The first-order chi connectivity index (χ1) is 8.78. The van der Waals surface area contributed by atoms with E-state index in [1.807, 2.05) is 14.0 Å². The molecule has 0 amide bonds. The number of rotatable bonds is 5. The molecule has 0 bridgehead atoms. The van der Waals surface area contributed by atoms with Crippen molar-refractivity contribution in [3.8, 4) is 0 Å². The maximum absolute atomic E-state index is 5.66. The largest absolute Gasteiger partial charge is 0.378 e. The molecule has 0 aliphatic heterocycles. The van der Waals surface area contributed by atoms with Crippen LogP contribution in [-0.4, -0.2) is 35.0 Å². The summed E-state index contributed by atoms with van der Waals surface area (Å²) in [6.07, 6.45) is 2.03. The summed E-state index contributed by atoms with van der Waals surface area (Å²) >= 11 is 0. The van der Waals surface area contributed by atoms with E-state index in [4.69, 9.17) is 4.74 Å². The summed E-state index contributed by atoms with van der Waals surface area (Å²) in [6.45, 7) is 11.0. The van der Waals surface area contributed by atoms with E-state index in [9.17, 15) is 0 Å². The van der Waals surface area contributed by atoms with Crippen molar-refractivity contribution in [2.45, 2.75) is 65.1 Å². The molecule has 2 rings (SSSR count). The van der Waals surface area contributed by atoms with Gasteiger partial charge in [-0.15, -0.1) is 0 Å². The Hall–Kier alpha value is -0.870. The predicted octanol–water partition coefficient (Wildman–Crippen LogP) is 2.44. The van der Waals surface area contributed by atoms with Gasteiger partial charge in [-0.1, -0.05) is 13.8 Å². The highest BCUT2D eigenvalue weighted by Crippen LogP contribution is 2.51. The zero-order valence-electron chi connectivity index (χ0n) is 13.0. The zero-order chi connectivity index (χ0) is 14.3. The second kappa shape index (κ2) is 4.91. The minimum Gasteiger partial charge on any atom is -0.378 e. The molecule has 19 heavy (non-hydrogen) atoms. The molecule has 0 spiro atoms. The number of methoxy groups -OCH3 is 1. The molecule has 1 saturated carbocycles. The van der Waals surface area contributed by atoms with Gasteiger partial charge >= 0.3 is 0 Å². The number of aromatic nitrogens is 2. The van der Waals surface area contributed by atoms with Crippen LogP contribution in [0.1, 0.15) is 45.5 Å². The molecular formula is C15H27N3O. The van der Waals surface area contributed by atoms with Crippen LogP contribution >= 0.6 is 0 Å². The fraction of sp³-hybridized carbons (Fsp3) is 0.800. The van der Waals surface area contributed by atoms with Gasteiger partial charge in [0.25, 0.3) is 0 Å². The average molecular weight is 265 g/mol. The third kappa shape index (κ3) is 2.56. The Kier molecular flexibility index (Phi) is 3.76. The molecule has 4 nitrogen and oxygen atoms in total. The van der Waals surface area contributed by atoms with Crippen LogP contribution in [0.5, 0.6) is 0 Å². The highest BCUT2D eigenvalue weighted by molar-refractivity contribution is 5.13. The normalized spacial score (nSPS) is 30.9. The van der Waals surface area contributed by atoms with Gasteiger partial charge < -0.3 is 10.1 Å². The van der Waals surface area contributed by atoms with Crippen molar-refractivity contribution in [2.75, 3.05) is 7.11 Å². The number of nitrogens with one attached hydrogen (secondary N) is 2. The third-order valence-electron chi connectivity index (χ3n) is 5.04. The maximum atomic E-state index is 5.66. The van der Waals surface area contributed by atoms with E-state index in [1.165, 1.54) is 0 Å². The van der Waals surface area contributed by atoms with Crippen molar-refractivity contribution in [3.05, 3.63) is 17.5 Å². The molecule has 0 saturated heterocycles. The van der Waals surface area contributed by atoms with Gasteiger partial charge in [-0.3, -0.25) is 5.10 Å². The molecule has 1 aromatic heterocycles. The topological polar surface area (TPSA) is 49.9 Å². The van der Waals surface area contributed by atoms with Crippen molar-refractivity contribution < 1.29 is 4.74 Å². The second-order valence-electron chi connectivity index (χ2n) is 6.73. The van der Waals surface area contributed by atoms with Gasteiger partial charge in [0.2, 0.25) is 0 Å². The Balaban J connectivity index is 1.89.